The van der Waals surface area contributed by atoms with Crippen LogP contribution >= 0.6 is 7.82 Å². The van der Waals surface area contributed by atoms with Gasteiger partial charge in [-0.2, -0.15) is 0 Å². The van der Waals surface area contributed by atoms with Gasteiger partial charge in [0.1, 0.15) is 19.3 Å². The van der Waals surface area contributed by atoms with E-state index in [0.29, 0.717) is 17.4 Å². The summed E-state index contributed by atoms with van der Waals surface area (Å²) in [5, 5.41) is 3.02. The second-order valence-corrected chi connectivity index (χ2v) is 22.6. The van der Waals surface area contributed by atoms with Crippen LogP contribution in [0.5, 0.6) is 0 Å². The Kier molecular flexibility index (Phi) is 48.5. The number of hydrogen-bond donors (Lipinski definition) is 1. The highest BCUT2D eigenvalue weighted by Crippen LogP contribution is 2.38. The summed E-state index contributed by atoms with van der Waals surface area (Å²) in [5.41, 5.74) is 0. The molecule has 1 amide bonds. The number of carbonyl (C=O) groups is 2. The molecule has 0 aliphatic rings. The van der Waals surface area contributed by atoms with Gasteiger partial charge in [-0.05, 0) is 83.1 Å². The van der Waals surface area contributed by atoms with Crippen LogP contribution in [0.15, 0.2) is 36.5 Å². The van der Waals surface area contributed by atoms with Gasteiger partial charge in [0.05, 0.1) is 33.8 Å². The fraction of sp³-hybridized carbons (Fsp3) is 0.864. The Bertz CT molecular complexity index is 1280. The highest BCUT2D eigenvalue weighted by atomic mass is 31.2. The lowest BCUT2D eigenvalue weighted by atomic mass is 10.1. The fourth-order valence-electron chi connectivity index (χ4n) is 8.45. The van der Waals surface area contributed by atoms with E-state index in [4.69, 9.17) is 13.8 Å². The minimum absolute atomic E-state index is 0.0225. The number of amides is 1. The standard InChI is InChI=1S/C59H113N2O7P/c1-7-10-13-16-19-22-25-27-29-30-32-33-36-39-42-45-48-51-58(62)60-56(55-67-69(64,65)66-54-53-61(4,5)6)57(50-47-44-41-38-35-24-21-18-15-12-9-3)68-59(63)52-49-46-43-40-37-34-31-28-26-23-20-17-14-11-8-2/h23,26-27,29,47,50,56-57H,7-22,24-25,28,30-46,48-49,51-55H2,1-6H3,(H-,60,62,64,65)/b26-23-,29-27+,50-47+. The first kappa shape index (κ1) is 67.2. The van der Waals surface area contributed by atoms with Crippen LogP contribution in [0.2, 0.25) is 0 Å². The Morgan fingerprint density at radius 3 is 1.25 bits per heavy atom. The summed E-state index contributed by atoms with van der Waals surface area (Å²) in [6.07, 6.45) is 58.1. The number of ether oxygens (including phenoxy) is 1. The number of nitrogens with one attached hydrogen (secondary N) is 1. The quantitative estimate of drug-likeness (QED) is 0.0212. The summed E-state index contributed by atoms with van der Waals surface area (Å²) in [5.74, 6) is -0.544. The van der Waals surface area contributed by atoms with Gasteiger partial charge in [0.25, 0.3) is 7.82 Å². The molecule has 9 nitrogen and oxygen atoms in total. The molecule has 0 bridgehead atoms. The zero-order valence-corrected chi connectivity index (χ0v) is 47.2. The van der Waals surface area contributed by atoms with Crippen molar-refractivity contribution in [2.75, 3.05) is 40.9 Å². The van der Waals surface area contributed by atoms with Gasteiger partial charge in [-0.15, -0.1) is 0 Å². The summed E-state index contributed by atoms with van der Waals surface area (Å²) in [6.45, 7) is 6.83. The van der Waals surface area contributed by atoms with E-state index in [0.717, 1.165) is 83.5 Å². The van der Waals surface area contributed by atoms with Crippen LogP contribution in [0.25, 0.3) is 0 Å². The van der Waals surface area contributed by atoms with Crippen molar-refractivity contribution in [2.45, 2.75) is 290 Å². The average molecular weight is 994 g/mol. The molecule has 0 aromatic rings. The molecule has 1 N–H and O–H groups in total. The fourth-order valence-corrected chi connectivity index (χ4v) is 9.18. The predicted molar refractivity (Wildman–Crippen MR) is 293 cm³/mol. The smallest absolute Gasteiger partial charge is 0.306 e. The van der Waals surface area contributed by atoms with E-state index in [-0.39, 0.29) is 31.5 Å². The number of esters is 1. The lowest BCUT2D eigenvalue weighted by Gasteiger charge is -2.30. The van der Waals surface area contributed by atoms with Crippen molar-refractivity contribution in [3.05, 3.63) is 36.5 Å². The molecule has 0 radical (unpaired) electrons. The number of allylic oxidation sites excluding steroid dienone is 5. The second-order valence-electron chi connectivity index (χ2n) is 21.1. The Morgan fingerprint density at radius 2 is 0.841 bits per heavy atom. The number of quaternary nitrogens is 1. The number of rotatable bonds is 53. The Hall–Kier alpha value is -1.77. The summed E-state index contributed by atoms with van der Waals surface area (Å²) in [4.78, 5) is 39.8. The molecule has 69 heavy (non-hydrogen) atoms. The normalized spacial score (nSPS) is 14.0. The SMILES string of the molecule is CCCCCC/C=C\CCCCCCCCCC(=O)OC(/C=C/CCCCCCCCCCC)C(COP(=O)([O-])OCC[N+](C)(C)C)NC(=O)CCCCCCCCC/C=C/CCCCCCCC. The lowest BCUT2D eigenvalue weighted by molar-refractivity contribution is -0.870. The summed E-state index contributed by atoms with van der Waals surface area (Å²) in [7, 11) is 1.19. The number of phosphoric acid groups is 1. The van der Waals surface area contributed by atoms with E-state index >= 15 is 0 Å². The maximum absolute atomic E-state index is 13.5. The first-order chi connectivity index (χ1) is 33.4. The number of carbonyl (C=O) groups excluding carboxylic acids is 2. The van der Waals surface area contributed by atoms with Crippen LogP contribution in [0.3, 0.4) is 0 Å². The Labute approximate surface area is 427 Å². The third-order valence-electron chi connectivity index (χ3n) is 13.0. The van der Waals surface area contributed by atoms with Crippen molar-refractivity contribution < 1.29 is 37.3 Å². The van der Waals surface area contributed by atoms with Gasteiger partial charge in [-0.25, -0.2) is 0 Å². The van der Waals surface area contributed by atoms with E-state index in [1.807, 2.05) is 33.3 Å². The molecule has 3 atom stereocenters. The molecule has 10 heteroatoms. The third kappa shape index (κ3) is 51.0. The van der Waals surface area contributed by atoms with Crippen molar-refractivity contribution in [3.63, 3.8) is 0 Å². The van der Waals surface area contributed by atoms with Crippen molar-refractivity contribution in [1.29, 1.82) is 0 Å². The maximum Gasteiger partial charge on any atom is 0.306 e. The monoisotopic (exact) mass is 993 g/mol. The van der Waals surface area contributed by atoms with Crippen LogP contribution in [0, 0.1) is 0 Å². The van der Waals surface area contributed by atoms with E-state index in [1.54, 1.807) is 0 Å². The number of phosphoric ester groups is 1. The molecule has 0 fully saturated rings. The first-order valence-electron chi connectivity index (χ1n) is 29.3. The molecule has 0 rings (SSSR count). The lowest BCUT2D eigenvalue weighted by Crippen LogP contribution is -2.47. The maximum atomic E-state index is 13.5. The minimum atomic E-state index is -4.69. The van der Waals surface area contributed by atoms with Gasteiger partial charge < -0.3 is 28.5 Å². The molecule has 406 valence electrons. The van der Waals surface area contributed by atoms with E-state index in [9.17, 15) is 19.0 Å². The Morgan fingerprint density at radius 1 is 0.493 bits per heavy atom. The highest BCUT2D eigenvalue weighted by molar-refractivity contribution is 7.45. The summed E-state index contributed by atoms with van der Waals surface area (Å²) >= 11 is 0. The van der Waals surface area contributed by atoms with Crippen LogP contribution in [0.4, 0.5) is 0 Å². The molecule has 0 aliphatic carbocycles. The molecule has 3 unspecified atom stereocenters. The molecule has 0 aromatic heterocycles. The van der Waals surface area contributed by atoms with Gasteiger partial charge >= 0.3 is 5.97 Å². The van der Waals surface area contributed by atoms with Crippen molar-refractivity contribution >= 4 is 19.7 Å². The molecule has 0 saturated heterocycles. The second kappa shape index (κ2) is 49.8. The van der Waals surface area contributed by atoms with E-state index in [1.165, 1.54) is 161 Å². The number of nitrogens with zero attached hydrogens (tertiary/aromatic N) is 1. The van der Waals surface area contributed by atoms with Gasteiger partial charge in [0.2, 0.25) is 5.91 Å². The number of hydrogen-bond acceptors (Lipinski definition) is 7. The molecule has 0 spiro atoms. The highest BCUT2D eigenvalue weighted by Gasteiger charge is 2.27. The average Bonchev–Trinajstić information content (AvgIpc) is 3.31. The van der Waals surface area contributed by atoms with Gasteiger partial charge in [0, 0.05) is 12.8 Å². The number of likely N-dealkylation sites (N-methyl/N-ethyl adjacent to an activating group) is 1. The van der Waals surface area contributed by atoms with Crippen molar-refractivity contribution in [3.8, 4) is 0 Å². The molecular weight excluding hydrogens is 880 g/mol. The van der Waals surface area contributed by atoms with Crippen LogP contribution < -0.4 is 10.2 Å². The van der Waals surface area contributed by atoms with Gasteiger partial charge in [0.15, 0.2) is 0 Å². The summed E-state index contributed by atoms with van der Waals surface area (Å²) < 4.78 is 30.2. The molecular formula is C59H113N2O7P. The molecule has 0 heterocycles. The van der Waals surface area contributed by atoms with E-state index in [2.05, 4.69) is 50.4 Å². The first-order valence-corrected chi connectivity index (χ1v) is 30.8. The largest absolute Gasteiger partial charge is 0.756 e. The molecule has 0 aromatic carbocycles. The third-order valence-corrected chi connectivity index (χ3v) is 14.0. The molecule has 0 saturated carbocycles. The van der Waals surface area contributed by atoms with Gasteiger partial charge in [-0.1, -0.05) is 218 Å². The molecule has 0 aliphatic heterocycles. The van der Waals surface area contributed by atoms with Crippen molar-refractivity contribution in [2.24, 2.45) is 0 Å². The van der Waals surface area contributed by atoms with E-state index < -0.39 is 20.0 Å². The van der Waals surface area contributed by atoms with Crippen LogP contribution in [0.1, 0.15) is 278 Å². The topological polar surface area (TPSA) is 114 Å². The van der Waals surface area contributed by atoms with Crippen LogP contribution in [-0.4, -0.2) is 69.4 Å². The predicted octanol–water partition coefficient (Wildman–Crippen LogP) is 16.9. The van der Waals surface area contributed by atoms with Crippen molar-refractivity contribution in [1.82, 2.24) is 5.32 Å². The summed E-state index contributed by atoms with van der Waals surface area (Å²) in [6, 6.07) is -0.888. The zero-order valence-electron chi connectivity index (χ0n) is 46.3. The van der Waals surface area contributed by atoms with Gasteiger partial charge in [-0.3, -0.25) is 14.2 Å². The Balaban J connectivity index is 5.29. The van der Waals surface area contributed by atoms with Crippen LogP contribution in [-0.2, 0) is 27.9 Å². The number of unbranched alkanes of at least 4 members (excludes halogenated alkanes) is 33. The zero-order chi connectivity index (χ0) is 50.8. The minimum Gasteiger partial charge on any atom is -0.756 e.